The average Bonchev–Trinajstić information content (AvgIpc) is 3.28. The molecule has 9 nitrogen and oxygen atoms in total. The average molecular weight is 486 g/mol. The van der Waals surface area contributed by atoms with Crippen molar-refractivity contribution >= 4 is 21.9 Å². The van der Waals surface area contributed by atoms with Crippen LogP contribution in [-0.4, -0.2) is 61.0 Å². The van der Waals surface area contributed by atoms with Gasteiger partial charge in [-0.15, -0.1) is 0 Å². The summed E-state index contributed by atoms with van der Waals surface area (Å²) in [5, 5.41) is 0. The fraction of sp³-hybridized carbons (Fsp3) is 0.542. The number of morpholine rings is 1. The highest BCUT2D eigenvalue weighted by Crippen LogP contribution is 2.34. The maximum atomic E-state index is 13.9. The summed E-state index contributed by atoms with van der Waals surface area (Å²) in [6, 6.07) is 6.79. The third-order valence-corrected chi connectivity index (χ3v) is 8.50. The Hall–Kier alpha value is -2.56. The highest BCUT2D eigenvalue weighted by atomic mass is 32.2. The van der Waals surface area contributed by atoms with E-state index in [1.807, 2.05) is 13.0 Å². The lowest BCUT2D eigenvalue weighted by Crippen LogP contribution is -2.59. The minimum absolute atomic E-state index is 0.172. The third-order valence-electron chi connectivity index (χ3n) is 6.97. The molecular weight excluding hydrogens is 454 g/mol. The van der Waals surface area contributed by atoms with E-state index in [1.165, 1.54) is 0 Å². The Morgan fingerprint density at radius 2 is 1.88 bits per heavy atom. The van der Waals surface area contributed by atoms with Gasteiger partial charge < -0.3 is 14.5 Å². The Balaban J connectivity index is 1.38. The molecule has 2 fully saturated rings. The number of amides is 1. The molecule has 3 heterocycles. The van der Waals surface area contributed by atoms with Crippen LogP contribution in [0, 0.1) is 6.92 Å². The molecule has 182 valence electrons. The molecule has 2 aromatic rings. The predicted molar refractivity (Wildman–Crippen MR) is 127 cm³/mol. The highest BCUT2D eigenvalue weighted by Gasteiger charge is 2.46. The van der Waals surface area contributed by atoms with Crippen molar-refractivity contribution in [2.45, 2.75) is 62.6 Å². The van der Waals surface area contributed by atoms with Gasteiger partial charge in [-0.25, -0.2) is 18.4 Å². The van der Waals surface area contributed by atoms with E-state index in [1.54, 1.807) is 29.3 Å². The first-order valence-electron chi connectivity index (χ1n) is 11.9. The van der Waals surface area contributed by atoms with Crippen LogP contribution in [0.15, 0.2) is 35.4 Å². The van der Waals surface area contributed by atoms with Crippen LogP contribution in [0.2, 0.25) is 0 Å². The highest BCUT2D eigenvalue weighted by molar-refractivity contribution is 7.89. The first-order valence-corrected chi connectivity index (χ1v) is 13.4. The van der Waals surface area contributed by atoms with Crippen LogP contribution in [0.5, 0.6) is 0 Å². The maximum absolute atomic E-state index is 13.9. The van der Waals surface area contributed by atoms with E-state index in [0.29, 0.717) is 45.1 Å². The lowest BCUT2D eigenvalue weighted by Gasteiger charge is -2.38. The van der Waals surface area contributed by atoms with Crippen molar-refractivity contribution in [1.29, 1.82) is 0 Å². The minimum atomic E-state index is -3.85. The number of anilines is 1. The Bertz CT molecular complexity index is 1170. The zero-order chi connectivity index (χ0) is 23.8. The van der Waals surface area contributed by atoms with Gasteiger partial charge >= 0.3 is 0 Å². The van der Waals surface area contributed by atoms with E-state index in [-0.39, 0.29) is 10.8 Å². The second kappa shape index (κ2) is 9.24. The van der Waals surface area contributed by atoms with E-state index in [0.717, 1.165) is 49.2 Å². The van der Waals surface area contributed by atoms with Crippen molar-refractivity contribution in [1.82, 2.24) is 19.6 Å². The number of aromatic nitrogens is 2. The monoisotopic (exact) mass is 485 g/mol. The molecule has 3 aliphatic rings. The van der Waals surface area contributed by atoms with Crippen molar-refractivity contribution in [3.63, 3.8) is 0 Å². The summed E-state index contributed by atoms with van der Waals surface area (Å²) in [6.45, 7) is 5.39. The molecule has 1 saturated heterocycles. The molecular formula is C24H31N5O4S. The first kappa shape index (κ1) is 23.2. The van der Waals surface area contributed by atoms with Gasteiger partial charge in [-0.1, -0.05) is 31.4 Å². The zero-order valence-corrected chi connectivity index (χ0v) is 20.3. The smallest absolute Gasteiger partial charge is 0.244 e. The van der Waals surface area contributed by atoms with Gasteiger partial charge in [0.15, 0.2) is 0 Å². The number of sulfonamides is 1. The molecule has 0 atom stereocenters. The maximum Gasteiger partial charge on any atom is 0.244 e. The van der Waals surface area contributed by atoms with Crippen LogP contribution in [0.1, 0.15) is 48.9 Å². The van der Waals surface area contributed by atoms with Gasteiger partial charge in [0, 0.05) is 31.4 Å². The molecule has 1 aromatic carbocycles. The van der Waals surface area contributed by atoms with Crippen LogP contribution in [0.25, 0.3) is 0 Å². The molecule has 0 unspecified atom stereocenters. The summed E-state index contributed by atoms with van der Waals surface area (Å²) in [7, 11) is -3.85. The largest absolute Gasteiger partial charge is 0.378 e. The number of nitrogens with zero attached hydrogens (tertiary/aromatic N) is 4. The normalized spacial score (nSPS) is 20.3. The van der Waals surface area contributed by atoms with Gasteiger partial charge in [0.2, 0.25) is 21.9 Å². The molecule has 0 spiro atoms. The Morgan fingerprint density at radius 3 is 2.62 bits per heavy atom. The second-order valence-corrected chi connectivity index (χ2v) is 11.1. The van der Waals surface area contributed by atoms with Gasteiger partial charge in [-0.05, 0) is 37.5 Å². The number of carbonyl (C=O) groups excluding carboxylic acids is 1. The van der Waals surface area contributed by atoms with Crippen molar-refractivity contribution in [2.75, 3.05) is 31.2 Å². The van der Waals surface area contributed by atoms with Crippen LogP contribution in [0.4, 0.5) is 5.95 Å². The number of ether oxygens (including phenoxy) is 1. The summed E-state index contributed by atoms with van der Waals surface area (Å²) in [5.41, 5.74) is 1.47. The fourth-order valence-electron chi connectivity index (χ4n) is 5.12. The Morgan fingerprint density at radius 1 is 1.12 bits per heavy atom. The third kappa shape index (κ3) is 4.54. The molecule has 0 radical (unpaired) electrons. The standard InChI is InChI=1S/C24H31N5O4S/c1-18-6-5-7-20(14-18)34(31,32)27-24(8-3-2-4-9-24)22(30)29-16-19-15-25-23(26-21(19)17-29)28-10-12-33-13-11-28/h5-7,14-15,27H,2-4,8-13,16-17H2,1H3. The molecule has 1 amide bonds. The number of rotatable bonds is 5. The molecule has 0 bridgehead atoms. The SMILES string of the molecule is Cc1cccc(S(=O)(=O)NC2(C(=O)N3Cc4cnc(N5CCOCC5)nc4C3)CCCCC2)c1. The zero-order valence-electron chi connectivity index (χ0n) is 19.5. The molecule has 1 aliphatic carbocycles. The number of aryl methyl sites for hydroxylation is 1. The topological polar surface area (TPSA) is 105 Å². The number of carbonyl (C=O) groups is 1. The van der Waals surface area contributed by atoms with Crippen LogP contribution in [-0.2, 0) is 32.6 Å². The Labute approximate surface area is 200 Å². The molecule has 10 heteroatoms. The van der Waals surface area contributed by atoms with Crippen molar-refractivity contribution in [3.8, 4) is 0 Å². The lowest BCUT2D eigenvalue weighted by atomic mass is 9.81. The molecule has 1 aromatic heterocycles. The summed E-state index contributed by atoms with van der Waals surface area (Å²) >= 11 is 0. The van der Waals surface area contributed by atoms with Gasteiger partial charge in [-0.3, -0.25) is 4.79 Å². The number of fused-ring (bicyclic) bond motifs is 1. The second-order valence-electron chi connectivity index (χ2n) is 9.47. The molecule has 34 heavy (non-hydrogen) atoms. The fourth-order valence-corrected chi connectivity index (χ4v) is 6.64. The van der Waals surface area contributed by atoms with Gasteiger partial charge in [-0.2, -0.15) is 4.72 Å². The van der Waals surface area contributed by atoms with E-state index in [4.69, 9.17) is 9.72 Å². The van der Waals surface area contributed by atoms with E-state index < -0.39 is 15.6 Å². The van der Waals surface area contributed by atoms with Crippen LogP contribution < -0.4 is 9.62 Å². The van der Waals surface area contributed by atoms with E-state index in [9.17, 15) is 13.2 Å². The minimum Gasteiger partial charge on any atom is -0.378 e. The van der Waals surface area contributed by atoms with Gasteiger partial charge in [0.1, 0.15) is 5.54 Å². The number of nitrogens with one attached hydrogen (secondary N) is 1. The first-order chi connectivity index (χ1) is 16.4. The number of hydrogen-bond donors (Lipinski definition) is 1. The van der Waals surface area contributed by atoms with E-state index in [2.05, 4.69) is 14.6 Å². The van der Waals surface area contributed by atoms with E-state index >= 15 is 0 Å². The van der Waals surface area contributed by atoms with Crippen molar-refractivity contribution in [2.24, 2.45) is 0 Å². The lowest BCUT2D eigenvalue weighted by molar-refractivity contribution is -0.139. The van der Waals surface area contributed by atoms with Gasteiger partial charge in [0.25, 0.3) is 0 Å². The number of benzene rings is 1. The predicted octanol–water partition coefficient (Wildman–Crippen LogP) is 2.15. The van der Waals surface area contributed by atoms with Gasteiger partial charge in [0.05, 0.1) is 30.3 Å². The van der Waals surface area contributed by atoms with Crippen LogP contribution in [0.3, 0.4) is 0 Å². The summed E-state index contributed by atoms with van der Waals surface area (Å²) in [5.74, 6) is 0.484. The summed E-state index contributed by atoms with van der Waals surface area (Å²) in [4.78, 5) is 27.1. The summed E-state index contributed by atoms with van der Waals surface area (Å²) in [6.07, 6.45) is 5.40. The van der Waals surface area contributed by atoms with Crippen LogP contribution >= 0.6 is 0 Å². The molecule has 2 aliphatic heterocycles. The Kier molecular flexibility index (Phi) is 6.30. The molecule has 5 rings (SSSR count). The number of hydrogen-bond acceptors (Lipinski definition) is 7. The molecule has 1 saturated carbocycles. The quantitative estimate of drug-likeness (QED) is 0.692. The molecule has 1 N–H and O–H groups in total. The van der Waals surface area contributed by atoms with Crippen molar-refractivity contribution < 1.29 is 17.9 Å². The van der Waals surface area contributed by atoms with Crippen molar-refractivity contribution in [3.05, 3.63) is 47.3 Å². The summed E-state index contributed by atoms with van der Waals surface area (Å²) < 4.78 is 34.8.